The van der Waals surface area contributed by atoms with Crippen LogP contribution in [0, 0.1) is 0 Å². The first-order valence-corrected chi connectivity index (χ1v) is 6.92. The van der Waals surface area contributed by atoms with Gasteiger partial charge in [0.25, 0.3) is 0 Å². The molecule has 17 heavy (non-hydrogen) atoms. The Bertz CT molecular complexity index is 258. The van der Waals surface area contributed by atoms with Crippen LogP contribution in [0.1, 0.15) is 71.6 Å². The highest BCUT2D eigenvalue weighted by atomic mass is 16.6. The second-order valence-corrected chi connectivity index (χ2v) is 5.59. The van der Waals surface area contributed by atoms with Gasteiger partial charge in [0.2, 0.25) is 0 Å². The molecule has 2 heteroatoms. The summed E-state index contributed by atoms with van der Waals surface area (Å²) >= 11 is 0. The predicted octanol–water partition coefficient (Wildman–Crippen LogP) is 4.39. The van der Waals surface area contributed by atoms with Crippen LogP contribution in [-0.2, 0) is 9.53 Å². The Morgan fingerprint density at radius 2 is 1.41 bits per heavy atom. The fraction of sp³-hybridized carbons (Fsp3) is 0.800. The van der Waals surface area contributed by atoms with Gasteiger partial charge in [0, 0.05) is 5.57 Å². The minimum atomic E-state index is -0.270. The van der Waals surface area contributed by atoms with Gasteiger partial charge in [-0.05, 0) is 39.5 Å². The fourth-order valence-electron chi connectivity index (χ4n) is 2.42. The molecule has 0 N–H and O–H groups in total. The molecular formula is C15H26O2. The van der Waals surface area contributed by atoms with Crippen LogP contribution in [0.3, 0.4) is 0 Å². The summed E-state index contributed by atoms with van der Waals surface area (Å²) in [7, 11) is 0. The molecule has 0 aromatic rings. The Kier molecular flexibility index (Phi) is 5.73. The zero-order valence-electron chi connectivity index (χ0n) is 11.4. The minimum absolute atomic E-state index is 0.232. The van der Waals surface area contributed by atoms with Gasteiger partial charge in [0.05, 0.1) is 0 Å². The molecule has 1 saturated carbocycles. The molecule has 0 bridgehead atoms. The molecular weight excluding hydrogens is 212 g/mol. The number of carbonyl (C=O) groups excluding carboxylic acids is 1. The van der Waals surface area contributed by atoms with Crippen molar-refractivity contribution < 1.29 is 9.53 Å². The fourth-order valence-corrected chi connectivity index (χ4v) is 2.42. The number of hydrogen-bond donors (Lipinski definition) is 0. The third-order valence-corrected chi connectivity index (χ3v) is 3.60. The highest BCUT2D eigenvalue weighted by Crippen LogP contribution is 2.29. The topological polar surface area (TPSA) is 26.3 Å². The molecule has 0 saturated heterocycles. The Morgan fingerprint density at radius 1 is 1.00 bits per heavy atom. The van der Waals surface area contributed by atoms with E-state index in [0.29, 0.717) is 5.57 Å². The van der Waals surface area contributed by atoms with Crippen LogP contribution in [0.5, 0.6) is 0 Å². The number of ether oxygens (including phenoxy) is 1. The summed E-state index contributed by atoms with van der Waals surface area (Å²) in [5.41, 5.74) is 0.233. The Labute approximate surface area is 105 Å². The zero-order valence-corrected chi connectivity index (χ0v) is 11.4. The first-order chi connectivity index (χ1) is 8.03. The van der Waals surface area contributed by atoms with Gasteiger partial charge in [-0.2, -0.15) is 0 Å². The summed E-state index contributed by atoms with van der Waals surface area (Å²) < 4.78 is 5.63. The Balaban J connectivity index is 2.54. The molecule has 0 aromatic carbocycles. The molecule has 1 aliphatic rings. The third kappa shape index (κ3) is 5.38. The van der Waals surface area contributed by atoms with Gasteiger partial charge in [-0.25, -0.2) is 4.79 Å². The maximum Gasteiger partial charge on any atom is 0.333 e. The predicted molar refractivity (Wildman–Crippen MR) is 70.9 cm³/mol. The SMILES string of the molecule is C=C(C)C(=O)OC1(C)CCCCCCCCC1. The first kappa shape index (κ1) is 14.3. The molecule has 0 unspecified atom stereocenters. The standard InChI is InChI=1S/C15H26O2/c1-13(2)14(16)17-15(3)11-9-7-5-4-6-8-10-12-15/h1,4-12H2,2-3H3. The minimum Gasteiger partial charge on any atom is -0.456 e. The van der Waals surface area contributed by atoms with Gasteiger partial charge in [-0.15, -0.1) is 0 Å². The van der Waals surface area contributed by atoms with Gasteiger partial charge in [-0.3, -0.25) is 0 Å². The Morgan fingerprint density at radius 3 is 1.82 bits per heavy atom. The molecule has 0 aliphatic heterocycles. The normalized spacial score (nSPS) is 21.5. The lowest BCUT2D eigenvalue weighted by atomic mass is 9.89. The van der Waals surface area contributed by atoms with Crippen LogP contribution in [0.2, 0.25) is 0 Å². The van der Waals surface area contributed by atoms with E-state index in [4.69, 9.17) is 4.74 Å². The summed E-state index contributed by atoms with van der Waals surface area (Å²) in [6, 6.07) is 0. The van der Waals surface area contributed by atoms with Crippen molar-refractivity contribution in [3.8, 4) is 0 Å². The van der Waals surface area contributed by atoms with Gasteiger partial charge in [0.1, 0.15) is 5.60 Å². The maximum atomic E-state index is 11.6. The van der Waals surface area contributed by atoms with Crippen molar-refractivity contribution in [2.24, 2.45) is 0 Å². The van der Waals surface area contributed by atoms with Gasteiger partial charge in [0.15, 0.2) is 0 Å². The number of rotatable bonds is 2. The van der Waals surface area contributed by atoms with E-state index in [1.807, 2.05) is 0 Å². The van der Waals surface area contributed by atoms with E-state index in [2.05, 4.69) is 13.5 Å². The molecule has 2 nitrogen and oxygen atoms in total. The maximum absolute atomic E-state index is 11.6. The number of hydrogen-bond acceptors (Lipinski definition) is 2. The smallest absolute Gasteiger partial charge is 0.333 e. The van der Waals surface area contributed by atoms with Crippen LogP contribution in [0.25, 0.3) is 0 Å². The second kappa shape index (κ2) is 6.83. The van der Waals surface area contributed by atoms with Crippen molar-refractivity contribution in [3.05, 3.63) is 12.2 Å². The van der Waals surface area contributed by atoms with Crippen molar-refractivity contribution in [3.63, 3.8) is 0 Å². The lowest BCUT2D eigenvalue weighted by Crippen LogP contribution is -2.32. The summed E-state index contributed by atoms with van der Waals surface area (Å²) in [6.07, 6.45) is 10.9. The van der Waals surface area contributed by atoms with Crippen LogP contribution >= 0.6 is 0 Å². The van der Waals surface area contributed by atoms with E-state index < -0.39 is 0 Å². The quantitative estimate of drug-likeness (QED) is 0.527. The van der Waals surface area contributed by atoms with Gasteiger partial charge >= 0.3 is 5.97 Å². The molecule has 1 rings (SSSR count). The molecule has 0 atom stereocenters. The van der Waals surface area contributed by atoms with E-state index in [0.717, 1.165) is 12.8 Å². The van der Waals surface area contributed by atoms with Crippen LogP contribution in [0.4, 0.5) is 0 Å². The summed E-state index contributed by atoms with van der Waals surface area (Å²) in [6.45, 7) is 7.45. The summed E-state index contributed by atoms with van der Waals surface area (Å²) in [4.78, 5) is 11.6. The van der Waals surface area contributed by atoms with Crippen molar-refractivity contribution in [2.45, 2.75) is 77.2 Å². The Hall–Kier alpha value is -0.790. The molecule has 98 valence electrons. The van der Waals surface area contributed by atoms with E-state index in [1.165, 1.54) is 44.9 Å². The van der Waals surface area contributed by atoms with Gasteiger partial charge in [-0.1, -0.05) is 38.7 Å². The molecule has 0 radical (unpaired) electrons. The highest BCUT2D eigenvalue weighted by Gasteiger charge is 2.28. The van der Waals surface area contributed by atoms with Crippen molar-refractivity contribution >= 4 is 5.97 Å². The van der Waals surface area contributed by atoms with Crippen molar-refractivity contribution in [1.82, 2.24) is 0 Å². The first-order valence-electron chi connectivity index (χ1n) is 6.92. The van der Waals surface area contributed by atoms with Crippen LogP contribution < -0.4 is 0 Å². The average Bonchev–Trinajstić information content (AvgIpc) is 2.27. The molecule has 0 spiro atoms. The molecule has 1 aliphatic carbocycles. The van der Waals surface area contributed by atoms with Crippen LogP contribution in [0.15, 0.2) is 12.2 Å². The van der Waals surface area contributed by atoms with Crippen molar-refractivity contribution in [1.29, 1.82) is 0 Å². The second-order valence-electron chi connectivity index (χ2n) is 5.59. The van der Waals surface area contributed by atoms with Crippen LogP contribution in [-0.4, -0.2) is 11.6 Å². The molecule has 0 amide bonds. The lowest BCUT2D eigenvalue weighted by molar-refractivity contribution is -0.154. The molecule has 1 fully saturated rings. The lowest BCUT2D eigenvalue weighted by Gasteiger charge is -2.30. The van der Waals surface area contributed by atoms with E-state index >= 15 is 0 Å². The summed E-state index contributed by atoms with van der Waals surface area (Å²) in [5, 5.41) is 0. The third-order valence-electron chi connectivity index (χ3n) is 3.60. The average molecular weight is 238 g/mol. The number of esters is 1. The largest absolute Gasteiger partial charge is 0.456 e. The zero-order chi connectivity index (χ0) is 12.7. The molecule has 0 heterocycles. The van der Waals surface area contributed by atoms with Gasteiger partial charge < -0.3 is 4.74 Å². The summed E-state index contributed by atoms with van der Waals surface area (Å²) in [5.74, 6) is -0.232. The van der Waals surface area contributed by atoms with E-state index in [9.17, 15) is 4.79 Å². The van der Waals surface area contributed by atoms with Crippen molar-refractivity contribution in [2.75, 3.05) is 0 Å². The highest BCUT2D eigenvalue weighted by molar-refractivity contribution is 5.87. The molecule has 0 aromatic heterocycles. The van der Waals surface area contributed by atoms with E-state index in [-0.39, 0.29) is 11.6 Å². The monoisotopic (exact) mass is 238 g/mol. The van der Waals surface area contributed by atoms with E-state index in [1.54, 1.807) is 6.92 Å². The number of carbonyl (C=O) groups is 1.